The molecule has 1 fully saturated rings. The standard InChI is InChI=1S/C16H19NOS.C7H14/c1-11(2)17(13(4)18)15-10-16(19-12(15)3)14-8-6-5-7-9-14;1-7-5-3-2-4-6-7/h5-11H,1-4H3;7H,2-6H2,1H3. The highest BCUT2D eigenvalue weighted by atomic mass is 32.1. The Labute approximate surface area is 163 Å². The third kappa shape index (κ3) is 5.70. The van der Waals surface area contributed by atoms with Crippen LogP contribution in [-0.2, 0) is 4.79 Å². The molecule has 1 aromatic carbocycles. The summed E-state index contributed by atoms with van der Waals surface area (Å²) in [6.45, 7) is 10.1. The zero-order chi connectivity index (χ0) is 19.1. The number of aryl methyl sites for hydroxylation is 1. The van der Waals surface area contributed by atoms with E-state index in [1.165, 1.54) is 47.4 Å². The second kappa shape index (κ2) is 9.91. The van der Waals surface area contributed by atoms with Crippen LogP contribution in [0.15, 0.2) is 36.4 Å². The van der Waals surface area contributed by atoms with Crippen LogP contribution in [0.25, 0.3) is 10.4 Å². The van der Waals surface area contributed by atoms with E-state index in [0.29, 0.717) is 0 Å². The smallest absolute Gasteiger partial charge is 0.224 e. The van der Waals surface area contributed by atoms with Gasteiger partial charge in [-0.1, -0.05) is 69.4 Å². The number of anilines is 1. The van der Waals surface area contributed by atoms with Crippen LogP contribution in [0.3, 0.4) is 0 Å². The topological polar surface area (TPSA) is 20.3 Å². The number of hydrogen-bond donors (Lipinski definition) is 0. The molecule has 2 aromatic rings. The quantitative estimate of drug-likeness (QED) is 0.565. The molecule has 1 aromatic heterocycles. The van der Waals surface area contributed by atoms with Crippen molar-refractivity contribution < 1.29 is 4.79 Å². The maximum absolute atomic E-state index is 11.8. The van der Waals surface area contributed by atoms with Gasteiger partial charge in [-0.05, 0) is 38.3 Å². The van der Waals surface area contributed by atoms with Gasteiger partial charge in [-0.15, -0.1) is 11.3 Å². The second-order valence-corrected chi connectivity index (χ2v) is 8.90. The van der Waals surface area contributed by atoms with Crippen molar-refractivity contribution in [2.75, 3.05) is 4.90 Å². The molecule has 0 saturated heterocycles. The molecule has 2 nitrogen and oxygen atoms in total. The van der Waals surface area contributed by atoms with Gasteiger partial charge in [-0.25, -0.2) is 0 Å². The van der Waals surface area contributed by atoms with Crippen LogP contribution >= 0.6 is 11.3 Å². The predicted molar refractivity (Wildman–Crippen MR) is 115 cm³/mol. The molecule has 142 valence electrons. The Balaban J connectivity index is 0.000000290. The van der Waals surface area contributed by atoms with Crippen molar-refractivity contribution in [3.8, 4) is 10.4 Å². The van der Waals surface area contributed by atoms with Gasteiger partial charge < -0.3 is 4.90 Å². The predicted octanol–water partition coefficient (Wildman–Crippen LogP) is 7.07. The summed E-state index contributed by atoms with van der Waals surface area (Å²) in [6.07, 6.45) is 7.44. The highest BCUT2D eigenvalue weighted by Crippen LogP contribution is 2.36. The van der Waals surface area contributed by atoms with Crippen molar-refractivity contribution in [2.24, 2.45) is 5.92 Å². The number of carbonyl (C=O) groups excluding carboxylic acids is 1. The largest absolute Gasteiger partial charge is 0.309 e. The van der Waals surface area contributed by atoms with Gasteiger partial charge in [-0.3, -0.25) is 4.79 Å². The lowest BCUT2D eigenvalue weighted by Crippen LogP contribution is -2.35. The number of carbonyl (C=O) groups is 1. The van der Waals surface area contributed by atoms with Crippen LogP contribution in [0, 0.1) is 12.8 Å². The third-order valence-electron chi connectivity index (χ3n) is 4.96. The minimum Gasteiger partial charge on any atom is -0.309 e. The SMILES string of the molecule is CC(=O)N(c1cc(-c2ccccc2)sc1C)C(C)C.CC1CCCCC1. The molecule has 0 bridgehead atoms. The monoisotopic (exact) mass is 371 g/mol. The first-order valence-corrected chi connectivity index (χ1v) is 10.7. The molecule has 0 aliphatic heterocycles. The Morgan fingerprint density at radius 3 is 2.19 bits per heavy atom. The van der Waals surface area contributed by atoms with E-state index in [-0.39, 0.29) is 11.9 Å². The van der Waals surface area contributed by atoms with Gasteiger partial charge in [0, 0.05) is 22.7 Å². The van der Waals surface area contributed by atoms with Crippen LogP contribution in [0.4, 0.5) is 5.69 Å². The third-order valence-corrected chi connectivity index (χ3v) is 6.05. The van der Waals surface area contributed by atoms with Crippen molar-refractivity contribution >= 4 is 22.9 Å². The van der Waals surface area contributed by atoms with Gasteiger partial charge in [0.05, 0.1) is 5.69 Å². The summed E-state index contributed by atoms with van der Waals surface area (Å²) in [7, 11) is 0. The summed E-state index contributed by atoms with van der Waals surface area (Å²) in [4.78, 5) is 16.1. The Morgan fingerprint density at radius 1 is 1.12 bits per heavy atom. The zero-order valence-electron chi connectivity index (χ0n) is 16.9. The van der Waals surface area contributed by atoms with Gasteiger partial charge in [0.2, 0.25) is 5.91 Å². The number of rotatable bonds is 3. The van der Waals surface area contributed by atoms with Crippen molar-refractivity contribution in [3.63, 3.8) is 0 Å². The summed E-state index contributed by atoms with van der Waals surface area (Å²) in [5.41, 5.74) is 2.24. The van der Waals surface area contributed by atoms with Crippen molar-refractivity contribution in [2.45, 2.75) is 72.8 Å². The molecule has 0 spiro atoms. The molecule has 26 heavy (non-hydrogen) atoms. The average Bonchev–Trinajstić information content (AvgIpc) is 2.98. The molecule has 3 heteroatoms. The molecule has 1 heterocycles. The lowest BCUT2D eigenvalue weighted by atomic mass is 9.91. The van der Waals surface area contributed by atoms with Gasteiger partial charge in [-0.2, -0.15) is 0 Å². The molecule has 1 amide bonds. The van der Waals surface area contributed by atoms with Crippen LogP contribution in [0.1, 0.15) is 64.7 Å². The van der Waals surface area contributed by atoms with Gasteiger partial charge in [0.15, 0.2) is 0 Å². The summed E-state index contributed by atoms with van der Waals surface area (Å²) in [5, 5.41) is 0. The first-order chi connectivity index (χ1) is 12.4. The second-order valence-electron chi connectivity index (χ2n) is 7.64. The summed E-state index contributed by atoms with van der Waals surface area (Å²) < 4.78 is 0. The van der Waals surface area contributed by atoms with E-state index in [1.807, 2.05) is 36.9 Å². The van der Waals surface area contributed by atoms with E-state index in [2.05, 4.69) is 32.0 Å². The fourth-order valence-electron chi connectivity index (χ4n) is 3.57. The van der Waals surface area contributed by atoms with Crippen LogP contribution in [0.2, 0.25) is 0 Å². The minimum atomic E-state index is 0.0931. The fourth-order valence-corrected chi connectivity index (χ4v) is 4.59. The van der Waals surface area contributed by atoms with Crippen LogP contribution in [-0.4, -0.2) is 11.9 Å². The zero-order valence-corrected chi connectivity index (χ0v) is 17.7. The number of hydrogen-bond acceptors (Lipinski definition) is 2. The van der Waals surface area contributed by atoms with Crippen molar-refractivity contribution in [3.05, 3.63) is 41.3 Å². The van der Waals surface area contributed by atoms with Crippen LogP contribution in [0.5, 0.6) is 0 Å². The highest BCUT2D eigenvalue weighted by Gasteiger charge is 2.19. The molecule has 1 aliphatic carbocycles. The fraction of sp³-hybridized carbons (Fsp3) is 0.522. The number of thiophene rings is 1. The normalized spacial score (nSPS) is 14.7. The van der Waals surface area contributed by atoms with Gasteiger partial charge in [0.1, 0.15) is 0 Å². The van der Waals surface area contributed by atoms with E-state index in [0.717, 1.165) is 11.6 Å². The van der Waals surface area contributed by atoms with Crippen LogP contribution < -0.4 is 4.90 Å². The molecule has 0 N–H and O–H groups in total. The number of amides is 1. The molecule has 0 unspecified atom stereocenters. The lowest BCUT2D eigenvalue weighted by Gasteiger charge is -2.25. The molecule has 0 radical (unpaired) electrons. The summed E-state index contributed by atoms with van der Waals surface area (Å²) in [5.74, 6) is 1.13. The first-order valence-electron chi connectivity index (χ1n) is 9.85. The summed E-state index contributed by atoms with van der Waals surface area (Å²) >= 11 is 1.74. The van der Waals surface area contributed by atoms with Gasteiger partial charge in [0.25, 0.3) is 0 Å². The Morgan fingerprint density at radius 2 is 1.73 bits per heavy atom. The van der Waals surface area contributed by atoms with E-state index < -0.39 is 0 Å². The summed E-state index contributed by atoms with van der Waals surface area (Å²) in [6, 6.07) is 12.6. The molecule has 1 saturated carbocycles. The maximum Gasteiger partial charge on any atom is 0.224 e. The van der Waals surface area contributed by atoms with Crippen molar-refractivity contribution in [1.82, 2.24) is 0 Å². The molecular weight excluding hydrogens is 338 g/mol. The number of benzene rings is 1. The Kier molecular flexibility index (Phi) is 7.89. The molecular formula is C23H33NOS. The van der Waals surface area contributed by atoms with Crippen molar-refractivity contribution in [1.29, 1.82) is 0 Å². The number of nitrogens with zero attached hydrogens (tertiary/aromatic N) is 1. The first kappa shape index (κ1) is 20.7. The van der Waals surface area contributed by atoms with E-state index in [4.69, 9.17) is 0 Å². The average molecular weight is 372 g/mol. The Bertz CT molecular complexity index is 683. The Hall–Kier alpha value is -1.61. The minimum absolute atomic E-state index is 0.0931. The van der Waals surface area contributed by atoms with E-state index in [1.54, 1.807) is 18.3 Å². The van der Waals surface area contributed by atoms with E-state index >= 15 is 0 Å². The molecule has 3 rings (SSSR count). The molecule has 0 atom stereocenters. The maximum atomic E-state index is 11.8. The van der Waals surface area contributed by atoms with E-state index in [9.17, 15) is 4.79 Å². The lowest BCUT2D eigenvalue weighted by molar-refractivity contribution is -0.116. The molecule has 1 aliphatic rings. The highest BCUT2D eigenvalue weighted by molar-refractivity contribution is 7.16. The van der Waals surface area contributed by atoms with Gasteiger partial charge >= 0.3 is 0 Å².